The van der Waals surface area contributed by atoms with Crippen LogP contribution in [0.5, 0.6) is 0 Å². The third kappa shape index (κ3) is 6.48. The van der Waals surface area contributed by atoms with Gasteiger partial charge in [0, 0.05) is 49.9 Å². The molecule has 0 bridgehead atoms. The summed E-state index contributed by atoms with van der Waals surface area (Å²) in [6.07, 6.45) is 2.76. The summed E-state index contributed by atoms with van der Waals surface area (Å²) in [6.45, 7) is 8.53. The van der Waals surface area contributed by atoms with E-state index in [-0.39, 0.29) is 5.82 Å². The van der Waals surface area contributed by atoms with E-state index >= 15 is 0 Å². The highest BCUT2D eigenvalue weighted by molar-refractivity contribution is 6.31. The summed E-state index contributed by atoms with van der Waals surface area (Å²) in [4.78, 5) is 6.81. The molecule has 0 atom stereocenters. The van der Waals surface area contributed by atoms with Gasteiger partial charge in [0.1, 0.15) is 5.82 Å². The number of nitrogens with one attached hydrogen (secondary N) is 2. The fourth-order valence-corrected chi connectivity index (χ4v) is 3.50. The van der Waals surface area contributed by atoms with Gasteiger partial charge in [-0.15, -0.1) is 0 Å². The fourth-order valence-electron chi connectivity index (χ4n) is 3.24. The van der Waals surface area contributed by atoms with Gasteiger partial charge < -0.3 is 15.5 Å². The minimum atomic E-state index is -0.255. The monoisotopic (exact) mass is 368 g/mol. The third-order valence-corrected chi connectivity index (χ3v) is 4.86. The first kappa shape index (κ1) is 20.0. The lowest BCUT2D eigenvalue weighted by Gasteiger charge is -2.34. The number of aliphatic imine (C=N–C) groups is 1. The SMILES string of the molecule is CN=C(NCCc1c(F)cccc1Cl)NC1CCN(CC(C)C)CC1. The molecule has 0 amide bonds. The Bertz CT molecular complexity index is 548. The summed E-state index contributed by atoms with van der Waals surface area (Å²) in [7, 11) is 1.76. The maximum Gasteiger partial charge on any atom is 0.191 e. The molecule has 1 aromatic carbocycles. The second-order valence-corrected chi connectivity index (χ2v) is 7.47. The van der Waals surface area contributed by atoms with Gasteiger partial charge in [0.15, 0.2) is 5.96 Å². The van der Waals surface area contributed by atoms with Crippen molar-refractivity contribution >= 4 is 17.6 Å². The minimum Gasteiger partial charge on any atom is -0.356 e. The van der Waals surface area contributed by atoms with Gasteiger partial charge >= 0.3 is 0 Å². The van der Waals surface area contributed by atoms with Crippen LogP contribution in [0.3, 0.4) is 0 Å². The molecule has 0 saturated carbocycles. The van der Waals surface area contributed by atoms with Crippen molar-refractivity contribution < 1.29 is 4.39 Å². The maximum absolute atomic E-state index is 13.8. The van der Waals surface area contributed by atoms with Crippen LogP contribution in [0.2, 0.25) is 5.02 Å². The van der Waals surface area contributed by atoms with Crippen LogP contribution in [0, 0.1) is 11.7 Å². The quantitative estimate of drug-likeness (QED) is 0.597. The zero-order chi connectivity index (χ0) is 18.2. The minimum absolute atomic E-state index is 0.255. The summed E-state index contributed by atoms with van der Waals surface area (Å²) in [5.41, 5.74) is 0.550. The van der Waals surface area contributed by atoms with Crippen LogP contribution in [-0.4, -0.2) is 50.1 Å². The number of hydrogen-bond donors (Lipinski definition) is 2. The molecule has 4 nitrogen and oxygen atoms in total. The van der Waals surface area contributed by atoms with E-state index in [2.05, 4.69) is 34.4 Å². The van der Waals surface area contributed by atoms with Crippen LogP contribution >= 0.6 is 11.6 Å². The second-order valence-electron chi connectivity index (χ2n) is 7.06. The van der Waals surface area contributed by atoms with E-state index in [1.54, 1.807) is 19.2 Å². The fraction of sp³-hybridized carbons (Fsp3) is 0.632. The molecule has 1 aliphatic heterocycles. The van der Waals surface area contributed by atoms with Crippen molar-refractivity contribution in [1.29, 1.82) is 0 Å². The van der Waals surface area contributed by atoms with E-state index in [1.165, 1.54) is 12.6 Å². The highest BCUT2D eigenvalue weighted by atomic mass is 35.5. The average molecular weight is 369 g/mol. The number of likely N-dealkylation sites (tertiary alicyclic amines) is 1. The Morgan fingerprint density at radius 3 is 2.68 bits per heavy atom. The number of hydrogen-bond acceptors (Lipinski definition) is 2. The van der Waals surface area contributed by atoms with Gasteiger partial charge in [0.2, 0.25) is 0 Å². The lowest BCUT2D eigenvalue weighted by molar-refractivity contribution is 0.187. The Labute approximate surface area is 155 Å². The normalized spacial score (nSPS) is 17.1. The molecule has 0 spiro atoms. The van der Waals surface area contributed by atoms with E-state index < -0.39 is 0 Å². The Kier molecular flexibility index (Phi) is 7.97. The average Bonchev–Trinajstić information content (AvgIpc) is 2.57. The molecule has 2 rings (SSSR count). The molecule has 2 N–H and O–H groups in total. The molecule has 1 fully saturated rings. The molecular weight excluding hydrogens is 339 g/mol. The molecule has 0 unspecified atom stereocenters. The predicted molar refractivity (Wildman–Crippen MR) is 104 cm³/mol. The van der Waals surface area contributed by atoms with Gasteiger partial charge in [-0.3, -0.25) is 4.99 Å². The Balaban J connectivity index is 1.74. The second kappa shape index (κ2) is 9.97. The van der Waals surface area contributed by atoms with Gasteiger partial charge in [-0.2, -0.15) is 0 Å². The molecule has 140 valence electrons. The Morgan fingerprint density at radius 2 is 2.08 bits per heavy atom. The van der Waals surface area contributed by atoms with E-state index in [9.17, 15) is 4.39 Å². The van der Waals surface area contributed by atoms with Crippen molar-refractivity contribution in [2.45, 2.75) is 39.2 Å². The van der Waals surface area contributed by atoms with Crippen LogP contribution in [0.1, 0.15) is 32.3 Å². The molecule has 0 aromatic heterocycles. The van der Waals surface area contributed by atoms with Gasteiger partial charge in [-0.05, 0) is 37.3 Å². The summed E-state index contributed by atoms with van der Waals surface area (Å²) in [5, 5.41) is 7.22. The van der Waals surface area contributed by atoms with E-state index in [4.69, 9.17) is 11.6 Å². The number of halogens is 2. The number of rotatable bonds is 6. The van der Waals surface area contributed by atoms with Crippen LogP contribution in [-0.2, 0) is 6.42 Å². The maximum atomic E-state index is 13.8. The Hall–Kier alpha value is -1.33. The lowest BCUT2D eigenvalue weighted by Crippen LogP contribution is -2.49. The van der Waals surface area contributed by atoms with E-state index in [0.29, 0.717) is 35.5 Å². The smallest absolute Gasteiger partial charge is 0.191 e. The van der Waals surface area contributed by atoms with Crippen LogP contribution < -0.4 is 10.6 Å². The molecule has 1 heterocycles. The van der Waals surface area contributed by atoms with Crippen molar-refractivity contribution in [2.75, 3.05) is 33.2 Å². The summed E-state index contributed by atoms with van der Waals surface area (Å²) in [6, 6.07) is 5.23. The first-order valence-corrected chi connectivity index (χ1v) is 9.49. The topological polar surface area (TPSA) is 39.7 Å². The van der Waals surface area contributed by atoms with Crippen molar-refractivity contribution in [3.8, 4) is 0 Å². The molecule has 1 saturated heterocycles. The van der Waals surface area contributed by atoms with E-state index in [0.717, 1.165) is 31.9 Å². The van der Waals surface area contributed by atoms with Gasteiger partial charge in [-0.25, -0.2) is 4.39 Å². The van der Waals surface area contributed by atoms with E-state index in [1.807, 2.05) is 0 Å². The number of benzene rings is 1. The summed E-state index contributed by atoms with van der Waals surface area (Å²) in [5.74, 6) is 1.23. The van der Waals surface area contributed by atoms with Crippen LogP contribution in [0.25, 0.3) is 0 Å². The molecule has 0 radical (unpaired) electrons. The van der Waals surface area contributed by atoms with Crippen molar-refractivity contribution in [3.63, 3.8) is 0 Å². The molecule has 25 heavy (non-hydrogen) atoms. The van der Waals surface area contributed by atoms with Crippen LogP contribution in [0.15, 0.2) is 23.2 Å². The molecule has 1 aromatic rings. The molecular formula is C19H30ClFN4. The lowest BCUT2D eigenvalue weighted by atomic mass is 10.0. The molecule has 6 heteroatoms. The highest BCUT2D eigenvalue weighted by Gasteiger charge is 2.20. The van der Waals surface area contributed by atoms with Crippen molar-refractivity contribution in [3.05, 3.63) is 34.6 Å². The van der Waals surface area contributed by atoms with Gasteiger partial charge in [-0.1, -0.05) is 31.5 Å². The van der Waals surface area contributed by atoms with Crippen LogP contribution in [0.4, 0.5) is 4.39 Å². The number of piperidine rings is 1. The largest absolute Gasteiger partial charge is 0.356 e. The molecule has 0 aliphatic carbocycles. The zero-order valence-electron chi connectivity index (χ0n) is 15.5. The first-order valence-electron chi connectivity index (χ1n) is 9.12. The number of guanidine groups is 1. The first-order chi connectivity index (χ1) is 12.0. The predicted octanol–water partition coefficient (Wildman–Crippen LogP) is 3.31. The molecule has 1 aliphatic rings. The van der Waals surface area contributed by atoms with Crippen molar-refractivity contribution in [2.24, 2.45) is 10.9 Å². The van der Waals surface area contributed by atoms with Crippen molar-refractivity contribution in [1.82, 2.24) is 15.5 Å². The number of nitrogens with zero attached hydrogens (tertiary/aromatic N) is 2. The third-order valence-electron chi connectivity index (χ3n) is 4.50. The summed E-state index contributed by atoms with van der Waals surface area (Å²) < 4.78 is 13.8. The van der Waals surface area contributed by atoms with Gasteiger partial charge in [0.25, 0.3) is 0 Å². The Morgan fingerprint density at radius 1 is 1.36 bits per heavy atom. The highest BCUT2D eigenvalue weighted by Crippen LogP contribution is 2.19. The zero-order valence-corrected chi connectivity index (χ0v) is 16.2. The van der Waals surface area contributed by atoms with Gasteiger partial charge in [0.05, 0.1) is 0 Å². The standard InChI is InChI=1S/C19H30ClFN4/c1-14(2)13-25-11-8-15(9-12-25)24-19(22-3)23-10-7-16-17(20)5-4-6-18(16)21/h4-6,14-15H,7-13H2,1-3H3,(H2,22,23,24). The summed E-state index contributed by atoms with van der Waals surface area (Å²) >= 11 is 6.07.